The Labute approximate surface area is 56.9 Å². The summed E-state index contributed by atoms with van der Waals surface area (Å²) in [6.45, 7) is 3.12. The molecule has 0 saturated carbocycles. The zero-order valence-corrected chi connectivity index (χ0v) is 5.26. The Morgan fingerprint density at radius 1 is 1.67 bits per heavy atom. The minimum Gasteiger partial charge on any atom is -0.480 e. The number of halogens is 1. The molecule has 0 aliphatic carbocycles. The van der Waals surface area contributed by atoms with Gasteiger partial charge in [-0.3, -0.25) is 9.59 Å². The van der Waals surface area contributed by atoms with Gasteiger partial charge in [-0.2, -0.15) is 0 Å². The van der Waals surface area contributed by atoms with E-state index < -0.39 is 17.1 Å². The van der Waals surface area contributed by atoms with Gasteiger partial charge in [0.2, 0.25) is 5.24 Å². The van der Waals surface area contributed by atoms with Crippen molar-refractivity contribution in [3.63, 3.8) is 0 Å². The lowest BCUT2D eigenvalue weighted by molar-refractivity contribution is -0.142. The van der Waals surface area contributed by atoms with Crippen molar-refractivity contribution < 1.29 is 14.7 Å². The molecular weight excluding hydrogens is 144 g/mol. The van der Waals surface area contributed by atoms with Crippen LogP contribution in [0.5, 0.6) is 0 Å². The van der Waals surface area contributed by atoms with E-state index in [0.29, 0.717) is 0 Å². The van der Waals surface area contributed by atoms with Gasteiger partial charge in [0.05, 0.1) is 0 Å². The SMILES string of the molecule is C=CC(C(=O)O)C(=O)Cl. The van der Waals surface area contributed by atoms with Gasteiger partial charge in [-0.25, -0.2) is 0 Å². The van der Waals surface area contributed by atoms with Gasteiger partial charge in [0.15, 0.2) is 0 Å². The molecule has 0 amide bonds. The number of carbonyl (C=O) groups is 2. The minimum atomic E-state index is -1.27. The van der Waals surface area contributed by atoms with Crippen LogP contribution in [-0.2, 0) is 9.59 Å². The highest BCUT2D eigenvalue weighted by atomic mass is 35.5. The third-order valence-corrected chi connectivity index (χ3v) is 0.981. The molecule has 0 saturated heterocycles. The lowest BCUT2D eigenvalue weighted by Crippen LogP contribution is -2.16. The van der Waals surface area contributed by atoms with E-state index in [1.54, 1.807) is 0 Å². The van der Waals surface area contributed by atoms with Crippen molar-refractivity contribution >= 4 is 22.8 Å². The molecule has 0 aromatic rings. The van der Waals surface area contributed by atoms with Gasteiger partial charge in [0.25, 0.3) is 0 Å². The lowest BCUT2D eigenvalue weighted by Gasteiger charge is -1.96. The third-order valence-electron chi connectivity index (χ3n) is 0.746. The summed E-state index contributed by atoms with van der Waals surface area (Å²) in [6.07, 6.45) is 0.984. The highest BCUT2D eigenvalue weighted by Gasteiger charge is 2.19. The van der Waals surface area contributed by atoms with Crippen molar-refractivity contribution in [1.29, 1.82) is 0 Å². The van der Waals surface area contributed by atoms with Crippen LogP contribution in [0.4, 0.5) is 0 Å². The van der Waals surface area contributed by atoms with E-state index in [-0.39, 0.29) is 0 Å². The predicted molar refractivity (Wildman–Crippen MR) is 32.2 cm³/mol. The zero-order valence-electron chi connectivity index (χ0n) is 4.50. The molecular formula is C5H5ClO3. The Hall–Kier alpha value is -0.830. The number of carboxylic acid groups (broad SMARTS) is 1. The average Bonchev–Trinajstić information content (AvgIpc) is 1.64. The Morgan fingerprint density at radius 3 is 2.11 bits per heavy atom. The summed E-state index contributed by atoms with van der Waals surface area (Å²) < 4.78 is 0. The number of carbonyl (C=O) groups excluding carboxylic acids is 1. The third kappa shape index (κ3) is 2.28. The normalized spacial score (nSPS) is 12.1. The molecule has 1 N–H and O–H groups in total. The highest BCUT2D eigenvalue weighted by molar-refractivity contribution is 6.65. The van der Waals surface area contributed by atoms with E-state index in [2.05, 4.69) is 6.58 Å². The van der Waals surface area contributed by atoms with Gasteiger partial charge in [0.1, 0.15) is 5.92 Å². The van der Waals surface area contributed by atoms with E-state index in [0.717, 1.165) is 6.08 Å². The number of hydrogen-bond donors (Lipinski definition) is 1. The first-order valence-corrected chi connectivity index (χ1v) is 2.52. The van der Waals surface area contributed by atoms with Crippen molar-refractivity contribution in [2.45, 2.75) is 0 Å². The Balaban J connectivity index is 4.16. The highest BCUT2D eigenvalue weighted by Crippen LogP contribution is 2.02. The first kappa shape index (κ1) is 8.17. The maximum absolute atomic E-state index is 10.1. The summed E-state index contributed by atoms with van der Waals surface area (Å²) in [4.78, 5) is 20.1. The molecule has 1 unspecified atom stereocenters. The molecule has 0 fully saturated rings. The standard InChI is InChI=1S/C5H5ClO3/c1-2-3(4(6)7)5(8)9/h2-3H,1H2,(H,8,9). The molecule has 3 nitrogen and oxygen atoms in total. The summed E-state index contributed by atoms with van der Waals surface area (Å²) in [6, 6.07) is 0. The van der Waals surface area contributed by atoms with Crippen LogP contribution < -0.4 is 0 Å². The first-order valence-electron chi connectivity index (χ1n) is 2.14. The van der Waals surface area contributed by atoms with E-state index in [1.165, 1.54) is 0 Å². The van der Waals surface area contributed by atoms with Crippen molar-refractivity contribution in [2.24, 2.45) is 5.92 Å². The zero-order chi connectivity index (χ0) is 7.44. The van der Waals surface area contributed by atoms with Crippen LogP contribution in [0.2, 0.25) is 0 Å². The quantitative estimate of drug-likeness (QED) is 0.363. The van der Waals surface area contributed by atoms with Gasteiger partial charge in [-0.05, 0) is 11.6 Å². The fourth-order valence-corrected chi connectivity index (χ4v) is 0.473. The largest absolute Gasteiger partial charge is 0.480 e. The van der Waals surface area contributed by atoms with Crippen molar-refractivity contribution in [1.82, 2.24) is 0 Å². The molecule has 4 heteroatoms. The van der Waals surface area contributed by atoms with Crippen LogP contribution in [-0.4, -0.2) is 16.3 Å². The number of aliphatic carboxylic acids is 1. The second-order valence-electron chi connectivity index (χ2n) is 1.36. The number of carboxylic acids is 1. The van der Waals surface area contributed by atoms with E-state index in [4.69, 9.17) is 16.7 Å². The predicted octanol–water partition coefficient (Wildman–Crippen LogP) is 0.639. The van der Waals surface area contributed by atoms with E-state index >= 15 is 0 Å². The lowest BCUT2D eigenvalue weighted by atomic mass is 10.2. The monoisotopic (exact) mass is 148 g/mol. The Morgan fingerprint density at radius 2 is 2.11 bits per heavy atom. The van der Waals surface area contributed by atoms with Gasteiger partial charge in [0, 0.05) is 0 Å². The van der Waals surface area contributed by atoms with E-state index in [9.17, 15) is 9.59 Å². The molecule has 0 bridgehead atoms. The van der Waals surface area contributed by atoms with Crippen molar-refractivity contribution in [2.75, 3.05) is 0 Å². The molecule has 0 rings (SSSR count). The maximum Gasteiger partial charge on any atom is 0.319 e. The summed E-state index contributed by atoms with van der Waals surface area (Å²) in [5, 5.41) is 7.25. The average molecular weight is 149 g/mol. The molecule has 0 aliphatic rings. The maximum atomic E-state index is 10.1. The van der Waals surface area contributed by atoms with Crippen LogP contribution in [0.3, 0.4) is 0 Å². The van der Waals surface area contributed by atoms with Crippen LogP contribution in [0.15, 0.2) is 12.7 Å². The molecule has 1 atom stereocenters. The molecule has 0 aliphatic heterocycles. The number of hydrogen-bond acceptors (Lipinski definition) is 2. The minimum absolute atomic E-state index is 0.919. The summed E-state index contributed by atoms with van der Waals surface area (Å²) in [5.74, 6) is -2.54. The van der Waals surface area contributed by atoms with Crippen LogP contribution in [0.1, 0.15) is 0 Å². The molecule has 0 radical (unpaired) electrons. The van der Waals surface area contributed by atoms with E-state index in [1.807, 2.05) is 0 Å². The number of rotatable bonds is 3. The van der Waals surface area contributed by atoms with Crippen LogP contribution in [0.25, 0.3) is 0 Å². The Kier molecular flexibility index (Phi) is 2.95. The van der Waals surface area contributed by atoms with Crippen LogP contribution in [0, 0.1) is 5.92 Å². The fraction of sp³-hybridized carbons (Fsp3) is 0.200. The topological polar surface area (TPSA) is 54.4 Å². The summed E-state index contributed by atoms with van der Waals surface area (Å²) in [5.41, 5.74) is 0. The fourth-order valence-electron chi connectivity index (χ4n) is 0.291. The van der Waals surface area contributed by atoms with Gasteiger partial charge in [-0.15, -0.1) is 6.58 Å². The molecule has 9 heavy (non-hydrogen) atoms. The van der Waals surface area contributed by atoms with Gasteiger partial charge in [-0.1, -0.05) is 6.08 Å². The van der Waals surface area contributed by atoms with Crippen molar-refractivity contribution in [3.05, 3.63) is 12.7 Å². The Bertz CT molecular complexity index is 138. The van der Waals surface area contributed by atoms with Gasteiger partial charge < -0.3 is 5.11 Å². The van der Waals surface area contributed by atoms with Crippen molar-refractivity contribution in [3.8, 4) is 0 Å². The second-order valence-corrected chi connectivity index (χ2v) is 1.73. The summed E-state index contributed by atoms with van der Waals surface area (Å²) >= 11 is 4.85. The van der Waals surface area contributed by atoms with Crippen LogP contribution >= 0.6 is 11.6 Å². The molecule has 0 aromatic heterocycles. The second kappa shape index (κ2) is 3.25. The van der Waals surface area contributed by atoms with Gasteiger partial charge >= 0.3 is 5.97 Å². The molecule has 0 heterocycles. The smallest absolute Gasteiger partial charge is 0.319 e. The summed E-state index contributed by atoms with van der Waals surface area (Å²) in [7, 11) is 0. The molecule has 0 aromatic carbocycles. The molecule has 0 spiro atoms. The molecule has 50 valence electrons. The first-order chi connectivity index (χ1) is 4.09.